The second-order valence-corrected chi connectivity index (χ2v) is 5.41. The van der Waals surface area contributed by atoms with Gasteiger partial charge in [0.25, 0.3) is 0 Å². The first-order valence-corrected chi connectivity index (χ1v) is 7.92. The molecule has 0 spiro atoms. The fourth-order valence-electron chi connectivity index (χ4n) is 2.40. The van der Waals surface area contributed by atoms with Crippen LogP contribution in [-0.4, -0.2) is 31.3 Å². The van der Waals surface area contributed by atoms with E-state index < -0.39 is 0 Å². The van der Waals surface area contributed by atoms with Crippen LogP contribution in [0.5, 0.6) is 5.75 Å². The Balaban J connectivity index is 1.93. The van der Waals surface area contributed by atoms with Crippen molar-refractivity contribution < 1.29 is 14.3 Å². The molecule has 5 heteroatoms. The molecule has 23 heavy (non-hydrogen) atoms. The predicted octanol–water partition coefficient (Wildman–Crippen LogP) is 2.57. The van der Waals surface area contributed by atoms with Crippen LogP contribution in [0, 0.1) is 11.3 Å². The number of nitrogens with zero attached hydrogens (tertiary/aromatic N) is 1. The highest BCUT2D eigenvalue weighted by Crippen LogP contribution is 2.18. The lowest BCUT2D eigenvalue weighted by molar-refractivity contribution is -0.123. The van der Waals surface area contributed by atoms with Gasteiger partial charge in [-0.15, -0.1) is 0 Å². The molecule has 1 N–H and O–H groups in total. The summed E-state index contributed by atoms with van der Waals surface area (Å²) in [5, 5.41) is 11.8. The smallest absolute Gasteiger partial charge is 0.224 e. The number of ether oxygens (including phenoxy) is 2. The number of carbonyl (C=O) groups is 1. The Hall–Kier alpha value is -2.32. The monoisotopic (exact) mass is 314 g/mol. The summed E-state index contributed by atoms with van der Waals surface area (Å²) in [6.45, 7) is 3.09. The normalized spacial score (nSPS) is 20.9. The Kier molecular flexibility index (Phi) is 6.64. The maximum atomic E-state index is 12.0. The van der Waals surface area contributed by atoms with Gasteiger partial charge in [-0.1, -0.05) is 19.1 Å². The summed E-state index contributed by atoms with van der Waals surface area (Å²) in [5.41, 5.74) is 0.588. The van der Waals surface area contributed by atoms with Gasteiger partial charge in [0.15, 0.2) is 0 Å². The van der Waals surface area contributed by atoms with Crippen LogP contribution >= 0.6 is 0 Å². The highest BCUT2D eigenvalue weighted by Gasteiger charge is 2.28. The van der Waals surface area contributed by atoms with Gasteiger partial charge in [0.1, 0.15) is 11.9 Å². The summed E-state index contributed by atoms with van der Waals surface area (Å²) >= 11 is 0. The zero-order valence-electron chi connectivity index (χ0n) is 13.3. The summed E-state index contributed by atoms with van der Waals surface area (Å²) in [4.78, 5) is 12.0. The number of hydrogen-bond acceptors (Lipinski definition) is 4. The van der Waals surface area contributed by atoms with Crippen LogP contribution in [0.15, 0.2) is 36.4 Å². The fourth-order valence-corrected chi connectivity index (χ4v) is 2.40. The number of amides is 1. The van der Waals surface area contributed by atoms with E-state index in [2.05, 4.69) is 11.4 Å². The molecule has 1 fully saturated rings. The summed E-state index contributed by atoms with van der Waals surface area (Å²) in [6, 6.07) is 8.95. The van der Waals surface area contributed by atoms with E-state index in [9.17, 15) is 4.79 Å². The largest absolute Gasteiger partial charge is 0.486 e. The van der Waals surface area contributed by atoms with Gasteiger partial charge in [-0.2, -0.15) is 5.26 Å². The van der Waals surface area contributed by atoms with Gasteiger partial charge < -0.3 is 14.8 Å². The van der Waals surface area contributed by atoms with E-state index in [0.29, 0.717) is 30.9 Å². The Morgan fingerprint density at radius 2 is 2.22 bits per heavy atom. The summed E-state index contributed by atoms with van der Waals surface area (Å²) in [5.74, 6) is 0.666. The second-order valence-electron chi connectivity index (χ2n) is 5.41. The third-order valence-electron chi connectivity index (χ3n) is 3.63. The summed E-state index contributed by atoms with van der Waals surface area (Å²) in [6.07, 6.45) is 5.67. The highest BCUT2D eigenvalue weighted by atomic mass is 16.5. The van der Waals surface area contributed by atoms with Crippen molar-refractivity contribution in [3.63, 3.8) is 0 Å². The Bertz CT molecular complexity index is 575. The first-order chi connectivity index (χ1) is 11.2. The van der Waals surface area contributed by atoms with Crippen molar-refractivity contribution in [2.75, 3.05) is 13.2 Å². The standard InChI is InChI=1S/C18H22N2O3/c1-2-3-4-5-18(21)20-16-10-11-22-13-17(16)23-15-8-6-14(12-19)7-9-15/h3-4,6-9,16-17H,2,5,10-11,13H2,1H3,(H,20,21)/b4-3+/t16-,17-/m1/s1. The van der Waals surface area contributed by atoms with Crippen LogP contribution in [0.25, 0.3) is 0 Å². The van der Waals surface area contributed by atoms with Crippen LogP contribution in [-0.2, 0) is 9.53 Å². The quantitative estimate of drug-likeness (QED) is 0.819. The molecular weight excluding hydrogens is 292 g/mol. The zero-order chi connectivity index (χ0) is 16.5. The van der Waals surface area contributed by atoms with Gasteiger partial charge >= 0.3 is 0 Å². The van der Waals surface area contributed by atoms with Crippen LogP contribution < -0.4 is 10.1 Å². The van der Waals surface area contributed by atoms with E-state index in [4.69, 9.17) is 14.7 Å². The molecule has 0 saturated carbocycles. The van der Waals surface area contributed by atoms with E-state index >= 15 is 0 Å². The number of carbonyl (C=O) groups excluding carboxylic acids is 1. The van der Waals surface area contributed by atoms with Crippen molar-refractivity contribution in [3.8, 4) is 11.8 Å². The number of allylic oxidation sites excluding steroid dienone is 1. The fraction of sp³-hybridized carbons (Fsp3) is 0.444. The van der Waals surface area contributed by atoms with Gasteiger partial charge in [-0.25, -0.2) is 0 Å². The van der Waals surface area contributed by atoms with Crippen molar-refractivity contribution in [2.45, 2.75) is 38.3 Å². The molecule has 1 saturated heterocycles. The molecule has 1 aromatic carbocycles. The molecule has 1 amide bonds. The summed E-state index contributed by atoms with van der Waals surface area (Å²) in [7, 11) is 0. The molecule has 0 bridgehead atoms. The van der Waals surface area contributed by atoms with E-state index in [1.807, 2.05) is 19.1 Å². The molecule has 0 aromatic heterocycles. The van der Waals surface area contributed by atoms with Gasteiger partial charge in [-0.05, 0) is 37.1 Å². The van der Waals surface area contributed by atoms with Crippen LogP contribution in [0.2, 0.25) is 0 Å². The number of nitriles is 1. The third-order valence-corrected chi connectivity index (χ3v) is 3.63. The molecule has 1 aliphatic rings. The minimum absolute atomic E-state index is 0.00460. The molecule has 5 nitrogen and oxygen atoms in total. The molecule has 0 unspecified atom stereocenters. The molecule has 2 atom stereocenters. The Morgan fingerprint density at radius 1 is 1.43 bits per heavy atom. The minimum Gasteiger partial charge on any atom is -0.486 e. The van der Waals surface area contributed by atoms with E-state index in [0.717, 1.165) is 12.8 Å². The minimum atomic E-state index is -0.226. The molecule has 0 aliphatic carbocycles. The molecule has 122 valence electrons. The lowest BCUT2D eigenvalue weighted by Crippen LogP contribution is -2.51. The van der Waals surface area contributed by atoms with Crippen LogP contribution in [0.1, 0.15) is 31.7 Å². The third kappa shape index (κ3) is 5.42. The van der Waals surface area contributed by atoms with Crippen molar-refractivity contribution in [3.05, 3.63) is 42.0 Å². The lowest BCUT2D eigenvalue weighted by Gasteiger charge is -2.32. The Labute approximate surface area is 136 Å². The first-order valence-electron chi connectivity index (χ1n) is 7.92. The van der Waals surface area contributed by atoms with Crippen molar-refractivity contribution in [2.24, 2.45) is 0 Å². The van der Waals surface area contributed by atoms with Crippen molar-refractivity contribution in [1.29, 1.82) is 5.26 Å². The second kappa shape index (κ2) is 8.96. The Morgan fingerprint density at radius 3 is 2.91 bits per heavy atom. The zero-order valence-corrected chi connectivity index (χ0v) is 13.3. The highest BCUT2D eigenvalue weighted by molar-refractivity contribution is 5.77. The number of benzene rings is 1. The molecule has 1 aliphatic heterocycles. The number of nitrogens with one attached hydrogen (secondary N) is 1. The SMILES string of the molecule is CC/C=C/CC(=O)N[C@@H]1CCOC[C@H]1Oc1ccc(C#N)cc1. The van der Waals surface area contributed by atoms with Gasteiger partial charge in [0.05, 0.1) is 24.3 Å². The molecule has 0 radical (unpaired) electrons. The lowest BCUT2D eigenvalue weighted by atomic mass is 10.1. The average Bonchev–Trinajstić information content (AvgIpc) is 2.57. The molecular formula is C18H22N2O3. The maximum absolute atomic E-state index is 12.0. The average molecular weight is 314 g/mol. The van der Waals surface area contributed by atoms with E-state index in [1.165, 1.54) is 0 Å². The topological polar surface area (TPSA) is 71.3 Å². The van der Waals surface area contributed by atoms with E-state index in [-0.39, 0.29) is 18.1 Å². The van der Waals surface area contributed by atoms with Crippen LogP contribution in [0.4, 0.5) is 0 Å². The maximum Gasteiger partial charge on any atom is 0.224 e. The van der Waals surface area contributed by atoms with Crippen molar-refractivity contribution >= 4 is 5.91 Å². The van der Waals surface area contributed by atoms with Crippen molar-refractivity contribution in [1.82, 2.24) is 5.32 Å². The van der Waals surface area contributed by atoms with Gasteiger partial charge in [0, 0.05) is 13.0 Å². The summed E-state index contributed by atoms with van der Waals surface area (Å²) < 4.78 is 11.4. The molecule has 2 rings (SSSR count). The first kappa shape index (κ1) is 17.0. The number of hydrogen-bond donors (Lipinski definition) is 1. The van der Waals surface area contributed by atoms with Crippen LogP contribution in [0.3, 0.4) is 0 Å². The van der Waals surface area contributed by atoms with Gasteiger partial charge in [0.2, 0.25) is 5.91 Å². The molecule has 1 aromatic rings. The predicted molar refractivity (Wildman–Crippen MR) is 87.0 cm³/mol. The van der Waals surface area contributed by atoms with E-state index in [1.54, 1.807) is 24.3 Å². The number of rotatable bonds is 6. The van der Waals surface area contributed by atoms with Gasteiger partial charge in [-0.3, -0.25) is 4.79 Å². The molecule has 1 heterocycles.